The number of hydrogen-bond donors (Lipinski definition) is 1. The number of amides is 1. The Labute approximate surface area is 228 Å². The van der Waals surface area contributed by atoms with Crippen molar-refractivity contribution >= 4 is 22.8 Å². The van der Waals surface area contributed by atoms with E-state index in [4.69, 9.17) is 9.72 Å². The van der Waals surface area contributed by atoms with E-state index in [0.29, 0.717) is 5.69 Å². The standard InChI is InChI=1S/C34H30N2O3/c1-39-33(38)31(23-29-22-21-25-13-11-12-20-30(25)35-29)36-32(37)24-34(26-14-5-2-6-15-26,27-16-7-3-8-17-27)28-18-9-4-10-19-28/h2-22,31H,23-24H2,1H3,(H,36,37)/t31-/m1/s1. The molecule has 0 bridgehead atoms. The van der Waals surface area contributed by atoms with Gasteiger partial charge in [0, 0.05) is 23.9 Å². The van der Waals surface area contributed by atoms with Gasteiger partial charge in [-0.1, -0.05) is 115 Å². The maximum atomic E-state index is 13.9. The van der Waals surface area contributed by atoms with Gasteiger partial charge in [0.25, 0.3) is 0 Å². The lowest BCUT2D eigenvalue weighted by Gasteiger charge is -2.36. The van der Waals surface area contributed by atoms with Crippen LogP contribution in [0.15, 0.2) is 127 Å². The zero-order valence-electron chi connectivity index (χ0n) is 21.8. The molecule has 39 heavy (non-hydrogen) atoms. The number of fused-ring (bicyclic) bond motifs is 1. The molecule has 1 atom stereocenters. The summed E-state index contributed by atoms with van der Waals surface area (Å²) in [5.74, 6) is -0.772. The van der Waals surface area contributed by atoms with Crippen LogP contribution in [0, 0.1) is 0 Å². The van der Waals surface area contributed by atoms with Crippen LogP contribution in [-0.4, -0.2) is 30.0 Å². The smallest absolute Gasteiger partial charge is 0.328 e. The molecule has 0 fully saturated rings. The molecule has 1 aromatic heterocycles. The average molecular weight is 515 g/mol. The molecule has 0 aliphatic rings. The van der Waals surface area contributed by atoms with Crippen molar-refractivity contribution in [2.75, 3.05) is 7.11 Å². The molecule has 1 amide bonds. The molecule has 0 aliphatic heterocycles. The molecule has 0 spiro atoms. The molecule has 194 valence electrons. The van der Waals surface area contributed by atoms with Crippen LogP contribution in [0.2, 0.25) is 0 Å². The van der Waals surface area contributed by atoms with Gasteiger partial charge in [0.15, 0.2) is 0 Å². The number of carbonyl (C=O) groups is 2. The lowest BCUT2D eigenvalue weighted by atomic mass is 9.67. The van der Waals surface area contributed by atoms with E-state index >= 15 is 0 Å². The number of pyridine rings is 1. The predicted molar refractivity (Wildman–Crippen MR) is 153 cm³/mol. The average Bonchev–Trinajstić information content (AvgIpc) is 3.00. The molecule has 0 radical (unpaired) electrons. The lowest BCUT2D eigenvalue weighted by Crippen LogP contribution is -2.46. The number of nitrogens with zero attached hydrogens (tertiary/aromatic N) is 1. The minimum Gasteiger partial charge on any atom is -0.467 e. The highest BCUT2D eigenvalue weighted by Gasteiger charge is 2.39. The second-order valence-corrected chi connectivity index (χ2v) is 9.52. The Morgan fingerprint density at radius 1 is 0.718 bits per heavy atom. The maximum absolute atomic E-state index is 13.9. The Balaban J connectivity index is 1.50. The van der Waals surface area contributed by atoms with E-state index in [0.717, 1.165) is 27.6 Å². The van der Waals surface area contributed by atoms with Crippen molar-refractivity contribution in [3.05, 3.63) is 150 Å². The summed E-state index contributed by atoms with van der Waals surface area (Å²) in [7, 11) is 1.33. The second-order valence-electron chi connectivity index (χ2n) is 9.52. The van der Waals surface area contributed by atoms with E-state index in [9.17, 15) is 9.59 Å². The van der Waals surface area contributed by atoms with E-state index in [2.05, 4.69) is 5.32 Å². The van der Waals surface area contributed by atoms with Crippen LogP contribution in [0.4, 0.5) is 0 Å². The Morgan fingerprint density at radius 2 is 1.23 bits per heavy atom. The minimum atomic E-state index is -0.879. The number of para-hydroxylation sites is 1. The number of nitrogens with one attached hydrogen (secondary N) is 1. The maximum Gasteiger partial charge on any atom is 0.328 e. The first-order valence-electron chi connectivity index (χ1n) is 13.0. The molecule has 1 heterocycles. The number of esters is 1. The van der Waals surface area contributed by atoms with E-state index < -0.39 is 17.4 Å². The van der Waals surface area contributed by atoms with Gasteiger partial charge in [0.05, 0.1) is 18.0 Å². The van der Waals surface area contributed by atoms with Gasteiger partial charge in [-0.3, -0.25) is 9.78 Å². The van der Waals surface area contributed by atoms with Crippen LogP contribution in [0.1, 0.15) is 28.8 Å². The number of methoxy groups -OCH3 is 1. The molecular formula is C34H30N2O3. The largest absolute Gasteiger partial charge is 0.467 e. The highest BCUT2D eigenvalue weighted by Crippen LogP contribution is 2.42. The number of benzene rings is 4. The second kappa shape index (κ2) is 11.7. The van der Waals surface area contributed by atoms with Gasteiger partial charge in [-0.2, -0.15) is 0 Å². The van der Waals surface area contributed by atoms with Gasteiger partial charge >= 0.3 is 5.97 Å². The molecule has 0 saturated heterocycles. The highest BCUT2D eigenvalue weighted by atomic mass is 16.5. The van der Waals surface area contributed by atoms with Crippen LogP contribution < -0.4 is 5.32 Å². The third-order valence-corrected chi connectivity index (χ3v) is 7.12. The fourth-order valence-corrected chi connectivity index (χ4v) is 5.23. The topological polar surface area (TPSA) is 68.3 Å². The molecular weight excluding hydrogens is 484 g/mol. The number of aromatic nitrogens is 1. The van der Waals surface area contributed by atoms with E-state index in [-0.39, 0.29) is 18.7 Å². The quantitative estimate of drug-likeness (QED) is 0.198. The van der Waals surface area contributed by atoms with Crippen molar-refractivity contribution in [1.82, 2.24) is 10.3 Å². The molecule has 4 aromatic carbocycles. The number of rotatable bonds is 9. The van der Waals surface area contributed by atoms with Crippen molar-refractivity contribution in [2.45, 2.75) is 24.3 Å². The summed E-state index contributed by atoms with van der Waals surface area (Å²) < 4.78 is 5.08. The monoisotopic (exact) mass is 514 g/mol. The lowest BCUT2D eigenvalue weighted by molar-refractivity contribution is -0.145. The summed E-state index contributed by atoms with van der Waals surface area (Å²) in [4.78, 5) is 31.4. The van der Waals surface area contributed by atoms with Crippen LogP contribution in [0.3, 0.4) is 0 Å². The Morgan fingerprint density at radius 3 is 1.77 bits per heavy atom. The van der Waals surface area contributed by atoms with Gasteiger partial charge in [0.1, 0.15) is 6.04 Å². The van der Waals surface area contributed by atoms with Gasteiger partial charge in [0.2, 0.25) is 5.91 Å². The van der Waals surface area contributed by atoms with Crippen LogP contribution in [0.25, 0.3) is 10.9 Å². The molecule has 0 unspecified atom stereocenters. The summed E-state index contributed by atoms with van der Waals surface area (Å²) in [5, 5.41) is 3.99. The summed E-state index contributed by atoms with van der Waals surface area (Å²) in [5.41, 5.74) is 3.73. The Bertz CT molecular complexity index is 1460. The number of ether oxygens (including phenoxy) is 1. The summed E-state index contributed by atoms with van der Waals surface area (Å²) in [6.07, 6.45) is 0.321. The van der Waals surface area contributed by atoms with Gasteiger partial charge in [-0.05, 0) is 28.8 Å². The Hall–Kier alpha value is -4.77. The highest BCUT2D eigenvalue weighted by molar-refractivity contribution is 5.86. The van der Waals surface area contributed by atoms with Crippen molar-refractivity contribution < 1.29 is 14.3 Å². The van der Waals surface area contributed by atoms with E-state index in [1.54, 1.807) is 0 Å². The molecule has 1 N–H and O–H groups in total. The fraction of sp³-hybridized carbons (Fsp3) is 0.147. The minimum absolute atomic E-state index is 0.101. The molecule has 5 nitrogen and oxygen atoms in total. The molecule has 0 saturated carbocycles. The number of hydrogen-bond acceptors (Lipinski definition) is 4. The molecule has 5 heteroatoms. The van der Waals surface area contributed by atoms with Crippen molar-refractivity contribution in [2.24, 2.45) is 0 Å². The van der Waals surface area contributed by atoms with Crippen LogP contribution in [-0.2, 0) is 26.2 Å². The summed E-state index contributed by atoms with van der Waals surface area (Å²) >= 11 is 0. The van der Waals surface area contributed by atoms with Crippen LogP contribution in [0.5, 0.6) is 0 Å². The van der Waals surface area contributed by atoms with Crippen molar-refractivity contribution in [1.29, 1.82) is 0 Å². The summed E-state index contributed by atoms with van der Waals surface area (Å²) in [6, 6.07) is 40.8. The fourth-order valence-electron chi connectivity index (χ4n) is 5.23. The first-order chi connectivity index (χ1) is 19.1. The normalized spacial score (nSPS) is 12.0. The molecule has 5 rings (SSSR count). The van der Waals surface area contributed by atoms with Gasteiger partial charge < -0.3 is 10.1 Å². The molecule has 5 aromatic rings. The van der Waals surface area contributed by atoms with Crippen molar-refractivity contribution in [3.8, 4) is 0 Å². The Kier molecular flexibility index (Phi) is 7.78. The number of carbonyl (C=O) groups excluding carboxylic acids is 2. The molecule has 0 aliphatic carbocycles. The first-order valence-corrected chi connectivity index (χ1v) is 13.0. The van der Waals surface area contributed by atoms with Crippen LogP contribution >= 0.6 is 0 Å². The third-order valence-electron chi connectivity index (χ3n) is 7.12. The predicted octanol–water partition coefficient (Wildman–Crippen LogP) is 5.86. The summed E-state index contributed by atoms with van der Waals surface area (Å²) in [6.45, 7) is 0. The van der Waals surface area contributed by atoms with Gasteiger partial charge in [-0.15, -0.1) is 0 Å². The van der Waals surface area contributed by atoms with Crippen molar-refractivity contribution in [3.63, 3.8) is 0 Å². The third kappa shape index (κ3) is 5.58. The van der Waals surface area contributed by atoms with E-state index in [1.165, 1.54) is 7.11 Å². The SMILES string of the molecule is COC(=O)[C@@H](Cc1ccc2ccccc2n1)NC(=O)CC(c1ccccc1)(c1ccccc1)c1ccccc1. The van der Waals surface area contributed by atoms with Gasteiger partial charge in [-0.25, -0.2) is 4.79 Å². The first kappa shape index (κ1) is 25.9. The van der Waals surface area contributed by atoms with E-state index in [1.807, 2.05) is 127 Å². The zero-order valence-corrected chi connectivity index (χ0v) is 21.8. The zero-order chi connectivity index (χ0) is 27.1.